The molecule has 0 aliphatic heterocycles. The molecule has 0 saturated heterocycles. The first-order valence-electron chi connectivity index (χ1n) is 4.72. The maximum Gasteiger partial charge on any atom is 0.0954 e. The van der Waals surface area contributed by atoms with Crippen molar-refractivity contribution in [3.8, 4) is 0 Å². The van der Waals surface area contributed by atoms with Gasteiger partial charge in [0.1, 0.15) is 0 Å². The van der Waals surface area contributed by atoms with E-state index in [1.165, 1.54) is 11.6 Å². The van der Waals surface area contributed by atoms with Crippen LogP contribution in [0.3, 0.4) is 0 Å². The van der Waals surface area contributed by atoms with Crippen molar-refractivity contribution in [3.63, 3.8) is 0 Å². The summed E-state index contributed by atoms with van der Waals surface area (Å²) in [7, 11) is 0. The molecule has 0 radical (unpaired) electrons. The minimum absolute atomic E-state index is 0.0324. The fourth-order valence-electron chi connectivity index (χ4n) is 0.793. The lowest BCUT2D eigenvalue weighted by Gasteiger charge is -1.85. The summed E-state index contributed by atoms with van der Waals surface area (Å²) in [6.45, 7) is 7.11. The lowest BCUT2D eigenvalue weighted by atomic mass is 10.2. The maximum atomic E-state index is 11.7. The largest absolute Gasteiger partial charge is 0.212 e. The maximum absolute atomic E-state index is 11.7. The zero-order chi connectivity index (χ0) is 10.8. The topological polar surface area (TPSA) is 0 Å². The van der Waals surface area contributed by atoms with Crippen LogP contribution in [0.5, 0.6) is 0 Å². The Bertz CT molecular complexity index is 273. The van der Waals surface area contributed by atoms with Crippen LogP contribution in [-0.4, -0.2) is 0 Å². The summed E-state index contributed by atoms with van der Waals surface area (Å²) in [5, 5.41) is 0. The number of rotatable bonds is 2. The van der Waals surface area contributed by atoms with Crippen molar-refractivity contribution in [3.05, 3.63) is 54.4 Å². The predicted molar refractivity (Wildman–Crippen MR) is 61.7 cm³/mol. The normalized spacial score (nSPS) is 10.1. The van der Waals surface area contributed by atoms with E-state index >= 15 is 0 Å². The third kappa shape index (κ3) is 6.18. The van der Waals surface area contributed by atoms with E-state index in [1.54, 1.807) is 13.8 Å². The summed E-state index contributed by atoms with van der Waals surface area (Å²) < 4.78 is 11.7. The standard InChI is InChI=1S/C8H8.C5H9F/c1-2-8-6-4-3-5-7-8;1-3-5(6)4-2/h2-7H,1H2;3H,4H2,1-2H3. The summed E-state index contributed by atoms with van der Waals surface area (Å²) in [6, 6.07) is 10.0. The lowest BCUT2D eigenvalue weighted by Crippen LogP contribution is -1.63. The summed E-state index contributed by atoms with van der Waals surface area (Å²) in [5.41, 5.74) is 1.17. The van der Waals surface area contributed by atoms with Crippen molar-refractivity contribution < 1.29 is 4.39 Å². The molecule has 0 bridgehead atoms. The smallest absolute Gasteiger partial charge is 0.0954 e. The Morgan fingerprint density at radius 3 is 2.14 bits per heavy atom. The highest BCUT2D eigenvalue weighted by Gasteiger charge is 1.79. The Morgan fingerprint density at radius 2 is 1.93 bits per heavy atom. The van der Waals surface area contributed by atoms with E-state index in [0.717, 1.165) is 0 Å². The second kappa shape index (κ2) is 8.24. The molecule has 0 fully saturated rings. The molecule has 1 rings (SSSR count). The van der Waals surface area contributed by atoms with E-state index in [1.807, 2.05) is 36.4 Å². The zero-order valence-corrected chi connectivity index (χ0v) is 8.83. The van der Waals surface area contributed by atoms with E-state index in [9.17, 15) is 4.39 Å². The quantitative estimate of drug-likeness (QED) is 0.642. The Labute approximate surface area is 85.8 Å². The Morgan fingerprint density at radius 1 is 1.36 bits per heavy atom. The Hall–Kier alpha value is -1.37. The fraction of sp³-hybridized carbons (Fsp3) is 0.231. The molecule has 0 aromatic heterocycles. The molecule has 0 unspecified atom stereocenters. The van der Waals surface area contributed by atoms with Crippen LogP contribution in [0.4, 0.5) is 4.39 Å². The molecule has 76 valence electrons. The van der Waals surface area contributed by atoms with Crippen LogP contribution in [-0.2, 0) is 0 Å². The van der Waals surface area contributed by atoms with Gasteiger partial charge in [-0.2, -0.15) is 0 Å². The van der Waals surface area contributed by atoms with Crippen molar-refractivity contribution in [2.75, 3.05) is 0 Å². The highest BCUT2D eigenvalue weighted by molar-refractivity contribution is 5.45. The van der Waals surface area contributed by atoms with Crippen molar-refractivity contribution in [2.24, 2.45) is 0 Å². The molecule has 1 aromatic carbocycles. The number of hydrogen-bond donors (Lipinski definition) is 0. The van der Waals surface area contributed by atoms with Gasteiger partial charge in [-0.05, 0) is 18.9 Å². The first kappa shape index (κ1) is 12.6. The monoisotopic (exact) mass is 192 g/mol. The van der Waals surface area contributed by atoms with Gasteiger partial charge >= 0.3 is 0 Å². The third-order valence-corrected chi connectivity index (χ3v) is 1.69. The van der Waals surface area contributed by atoms with Gasteiger partial charge in [0, 0.05) is 0 Å². The molecular formula is C13H17F. The molecule has 0 heterocycles. The van der Waals surface area contributed by atoms with Crippen LogP contribution >= 0.6 is 0 Å². The van der Waals surface area contributed by atoms with Crippen LogP contribution in [0.15, 0.2) is 48.8 Å². The predicted octanol–water partition coefficient (Wildman–Crippen LogP) is 4.60. The van der Waals surface area contributed by atoms with Crippen LogP contribution in [0.25, 0.3) is 6.08 Å². The number of halogens is 1. The second-order valence-electron chi connectivity index (χ2n) is 2.70. The second-order valence-corrected chi connectivity index (χ2v) is 2.70. The van der Waals surface area contributed by atoms with Gasteiger partial charge in [-0.3, -0.25) is 0 Å². The van der Waals surface area contributed by atoms with Crippen molar-refractivity contribution in [2.45, 2.75) is 20.3 Å². The first-order chi connectivity index (χ1) is 6.74. The van der Waals surface area contributed by atoms with E-state index in [-0.39, 0.29) is 5.83 Å². The van der Waals surface area contributed by atoms with Crippen LogP contribution in [0.1, 0.15) is 25.8 Å². The molecule has 0 saturated carbocycles. The number of allylic oxidation sites excluding steroid dienone is 2. The molecule has 0 spiro atoms. The molecule has 0 amide bonds. The number of benzene rings is 1. The van der Waals surface area contributed by atoms with E-state index in [0.29, 0.717) is 6.42 Å². The van der Waals surface area contributed by atoms with Gasteiger partial charge < -0.3 is 0 Å². The van der Waals surface area contributed by atoms with Crippen molar-refractivity contribution in [1.29, 1.82) is 0 Å². The average Bonchev–Trinajstić information content (AvgIpc) is 2.30. The molecule has 1 aromatic rings. The summed E-state index contributed by atoms with van der Waals surface area (Å²) in [6.07, 6.45) is 3.83. The van der Waals surface area contributed by atoms with E-state index < -0.39 is 0 Å². The SMILES string of the molecule is C=Cc1ccccc1.CC=C(F)CC. The summed E-state index contributed by atoms with van der Waals surface area (Å²) in [4.78, 5) is 0. The fourth-order valence-corrected chi connectivity index (χ4v) is 0.793. The molecule has 0 N–H and O–H groups in total. The minimum atomic E-state index is -0.0324. The van der Waals surface area contributed by atoms with Gasteiger partial charge in [-0.15, -0.1) is 0 Å². The van der Waals surface area contributed by atoms with Gasteiger partial charge in [0.15, 0.2) is 0 Å². The summed E-state index contributed by atoms with van der Waals surface area (Å²) >= 11 is 0. The van der Waals surface area contributed by atoms with Crippen molar-refractivity contribution >= 4 is 6.08 Å². The molecule has 14 heavy (non-hydrogen) atoms. The highest BCUT2D eigenvalue weighted by atomic mass is 19.1. The third-order valence-electron chi connectivity index (χ3n) is 1.69. The van der Waals surface area contributed by atoms with Gasteiger partial charge in [-0.25, -0.2) is 4.39 Å². The highest BCUT2D eigenvalue weighted by Crippen LogP contribution is 1.98. The number of hydrogen-bond acceptors (Lipinski definition) is 0. The Kier molecular flexibility index (Phi) is 7.43. The Balaban J connectivity index is 0.000000255. The lowest BCUT2D eigenvalue weighted by molar-refractivity contribution is 0.602. The average molecular weight is 192 g/mol. The van der Waals surface area contributed by atoms with Gasteiger partial charge in [0.05, 0.1) is 5.83 Å². The van der Waals surface area contributed by atoms with E-state index in [4.69, 9.17) is 0 Å². The van der Waals surface area contributed by atoms with Gasteiger partial charge in [0.2, 0.25) is 0 Å². The first-order valence-corrected chi connectivity index (χ1v) is 4.72. The van der Waals surface area contributed by atoms with Crippen LogP contribution in [0.2, 0.25) is 0 Å². The minimum Gasteiger partial charge on any atom is -0.212 e. The zero-order valence-electron chi connectivity index (χ0n) is 8.83. The summed E-state index contributed by atoms with van der Waals surface area (Å²) in [5.74, 6) is -0.0324. The molecular weight excluding hydrogens is 175 g/mol. The van der Waals surface area contributed by atoms with Gasteiger partial charge in [0.25, 0.3) is 0 Å². The molecule has 0 atom stereocenters. The van der Waals surface area contributed by atoms with Crippen molar-refractivity contribution in [1.82, 2.24) is 0 Å². The molecule has 1 heteroatoms. The van der Waals surface area contributed by atoms with E-state index in [2.05, 4.69) is 6.58 Å². The molecule has 0 aliphatic rings. The van der Waals surface area contributed by atoms with Gasteiger partial charge in [-0.1, -0.05) is 56.0 Å². The van der Waals surface area contributed by atoms with Crippen LogP contribution < -0.4 is 0 Å². The molecule has 0 nitrogen and oxygen atoms in total. The molecule has 0 aliphatic carbocycles. The van der Waals surface area contributed by atoms with Crippen LogP contribution in [0, 0.1) is 0 Å².